The molecule has 17 heavy (non-hydrogen) atoms. The molecule has 0 heterocycles. The summed E-state index contributed by atoms with van der Waals surface area (Å²) in [5.41, 5.74) is 0. The standard InChI is InChI=1S/C12H21NO4/c1-8(7-17-2)13-11(14)9-4-3-5-10(6-9)12(15)16/h8-10H,3-7H2,1-2H3,(H,13,14)(H,15,16). The third-order valence-electron chi connectivity index (χ3n) is 3.20. The summed E-state index contributed by atoms with van der Waals surface area (Å²) in [6, 6.07) is -0.0299. The number of methoxy groups -OCH3 is 1. The maximum absolute atomic E-state index is 11.9. The van der Waals surface area contributed by atoms with Gasteiger partial charge in [-0.25, -0.2) is 0 Å². The van der Waals surface area contributed by atoms with E-state index in [1.165, 1.54) is 0 Å². The van der Waals surface area contributed by atoms with Crippen LogP contribution in [0.4, 0.5) is 0 Å². The number of hydrogen-bond acceptors (Lipinski definition) is 3. The van der Waals surface area contributed by atoms with Gasteiger partial charge in [0.2, 0.25) is 5.91 Å². The molecule has 5 heteroatoms. The lowest BCUT2D eigenvalue weighted by Crippen LogP contribution is -2.41. The number of carboxylic acids is 1. The fourth-order valence-electron chi connectivity index (χ4n) is 2.30. The summed E-state index contributed by atoms with van der Waals surface area (Å²) in [4.78, 5) is 22.8. The molecular weight excluding hydrogens is 222 g/mol. The highest BCUT2D eigenvalue weighted by atomic mass is 16.5. The molecule has 1 amide bonds. The Morgan fingerprint density at radius 1 is 1.41 bits per heavy atom. The van der Waals surface area contributed by atoms with Crippen molar-refractivity contribution in [3.63, 3.8) is 0 Å². The van der Waals surface area contributed by atoms with Gasteiger partial charge in [0, 0.05) is 19.1 Å². The fourth-order valence-corrected chi connectivity index (χ4v) is 2.30. The minimum absolute atomic E-state index is 0.0299. The summed E-state index contributed by atoms with van der Waals surface area (Å²) in [7, 11) is 1.59. The van der Waals surface area contributed by atoms with Crippen molar-refractivity contribution >= 4 is 11.9 Å². The van der Waals surface area contributed by atoms with Crippen LogP contribution < -0.4 is 5.32 Å². The lowest BCUT2D eigenvalue weighted by atomic mass is 9.81. The third-order valence-corrected chi connectivity index (χ3v) is 3.20. The number of amides is 1. The number of ether oxygens (including phenoxy) is 1. The van der Waals surface area contributed by atoms with Crippen molar-refractivity contribution in [2.45, 2.75) is 38.6 Å². The van der Waals surface area contributed by atoms with Crippen LogP contribution in [0, 0.1) is 11.8 Å². The van der Waals surface area contributed by atoms with Gasteiger partial charge in [-0.3, -0.25) is 9.59 Å². The van der Waals surface area contributed by atoms with E-state index in [1.807, 2.05) is 6.92 Å². The molecule has 1 saturated carbocycles. The minimum atomic E-state index is -0.785. The summed E-state index contributed by atoms with van der Waals surface area (Å²) >= 11 is 0. The number of carbonyl (C=O) groups is 2. The van der Waals surface area contributed by atoms with Crippen LogP contribution in [0.2, 0.25) is 0 Å². The quantitative estimate of drug-likeness (QED) is 0.756. The molecule has 98 valence electrons. The molecule has 0 aromatic carbocycles. The highest BCUT2D eigenvalue weighted by Crippen LogP contribution is 2.29. The summed E-state index contributed by atoms with van der Waals surface area (Å²) in [6.45, 7) is 2.35. The largest absolute Gasteiger partial charge is 0.481 e. The van der Waals surface area contributed by atoms with Gasteiger partial charge in [0.25, 0.3) is 0 Å². The van der Waals surface area contributed by atoms with E-state index in [4.69, 9.17) is 9.84 Å². The van der Waals surface area contributed by atoms with Gasteiger partial charge >= 0.3 is 5.97 Å². The van der Waals surface area contributed by atoms with Crippen LogP contribution in [0.5, 0.6) is 0 Å². The van der Waals surface area contributed by atoms with Crippen LogP contribution in [0.1, 0.15) is 32.6 Å². The van der Waals surface area contributed by atoms with Crippen molar-refractivity contribution in [2.75, 3.05) is 13.7 Å². The smallest absolute Gasteiger partial charge is 0.306 e. The zero-order chi connectivity index (χ0) is 12.8. The Morgan fingerprint density at radius 2 is 2.06 bits per heavy atom. The van der Waals surface area contributed by atoms with Gasteiger partial charge in [-0.2, -0.15) is 0 Å². The molecule has 0 radical (unpaired) electrons. The molecule has 0 bridgehead atoms. The van der Waals surface area contributed by atoms with Crippen LogP contribution in [-0.4, -0.2) is 36.7 Å². The van der Waals surface area contributed by atoms with E-state index in [1.54, 1.807) is 7.11 Å². The predicted octanol–water partition coefficient (Wildman–Crippen LogP) is 1.03. The Morgan fingerprint density at radius 3 is 2.65 bits per heavy atom. The van der Waals surface area contributed by atoms with E-state index in [2.05, 4.69) is 5.32 Å². The van der Waals surface area contributed by atoms with Gasteiger partial charge in [0.15, 0.2) is 0 Å². The van der Waals surface area contributed by atoms with Gasteiger partial charge in [-0.15, -0.1) is 0 Å². The maximum atomic E-state index is 11.9. The first kappa shape index (κ1) is 14.0. The molecule has 2 N–H and O–H groups in total. The van der Waals surface area contributed by atoms with E-state index < -0.39 is 5.97 Å². The zero-order valence-corrected chi connectivity index (χ0v) is 10.4. The average Bonchev–Trinajstić information content (AvgIpc) is 2.29. The van der Waals surface area contributed by atoms with Gasteiger partial charge < -0.3 is 15.2 Å². The predicted molar refractivity (Wildman–Crippen MR) is 62.6 cm³/mol. The molecule has 0 spiro atoms. The summed E-state index contributed by atoms with van der Waals surface area (Å²) in [6.07, 6.45) is 2.75. The number of hydrogen-bond donors (Lipinski definition) is 2. The number of carboxylic acid groups (broad SMARTS) is 1. The second-order valence-electron chi connectivity index (χ2n) is 4.76. The SMILES string of the molecule is COCC(C)NC(=O)C1CCCC(C(=O)O)C1. The highest BCUT2D eigenvalue weighted by molar-refractivity contribution is 5.80. The third kappa shape index (κ3) is 4.34. The second kappa shape index (κ2) is 6.59. The molecule has 5 nitrogen and oxygen atoms in total. The lowest BCUT2D eigenvalue weighted by molar-refractivity contribution is -0.144. The van der Waals surface area contributed by atoms with Crippen molar-refractivity contribution in [2.24, 2.45) is 11.8 Å². The molecule has 1 fully saturated rings. The first-order valence-electron chi connectivity index (χ1n) is 6.06. The van der Waals surface area contributed by atoms with Crippen LogP contribution in [-0.2, 0) is 14.3 Å². The van der Waals surface area contributed by atoms with Crippen molar-refractivity contribution in [3.8, 4) is 0 Å². The summed E-state index contributed by atoms with van der Waals surface area (Å²) in [5, 5.41) is 11.8. The van der Waals surface area contributed by atoms with E-state index in [0.717, 1.165) is 12.8 Å². The van der Waals surface area contributed by atoms with E-state index >= 15 is 0 Å². The van der Waals surface area contributed by atoms with Gasteiger partial charge in [-0.1, -0.05) is 6.42 Å². The molecule has 0 aromatic heterocycles. The Labute approximate surface area is 102 Å². The molecule has 0 saturated heterocycles. The molecule has 3 atom stereocenters. The molecule has 0 aromatic rings. The van der Waals surface area contributed by atoms with Crippen molar-refractivity contribution in [1.82, 2.24) is 5.32 Å². The topological polar surface area (TPSA) is 75.6 Å². The van der Waals surface area contributed by atoms with E-state index in [0.29, 0.717) is 19.4 Å². The zero-order valence-electron chi connectivity index (χ0n) is 10.4. The normalized spacial score (nSPS) is 26.2. The van der Waals surface area contributed by atoms with Crippen LogP contribution in [0.25, 0.3) is 0 Å². The Balaban J connectivity index is 2.43. The van der Waals surface area contributed by atoms with Crippen molar-refractivity contribution < 1.29 is 19.4 Å². The number of aliphatic carboxylic acids is 1. The Bertz CT molecular complexity index is 280. The Hall–Kier alpha value is -1.10. The minimum Gasteiger partial charge on any atom is -0.481 e. The number of rotatable bonds is 5. The number of nitrogens with one attached hydrogen (secondary N) is 1. The average molecular weight is 243 g/mol. The fraction of sp³-hybridized carbons (Fsp3) is 0.833. The first-order chi connectivity index (χ1) is 8.04. The van der Waals surface area contributed by atoms with Crippen LogP contribution in [0.3, 0.4) is 0 Å². The van der Waals surface area contributed by atoms with E-state index in [9.17, 15) is 9.59 Å². The summed E-state index contributed by atoms with van der Waals surface area (Å²) < 4.78 is 4.94. The lowest BCUT2D eigenvalue weighted by Gasteiger charge is -2.26. The van der Waals surface area contributed by atoms with Crippen LogP contribution in [0.15, 0.2) is 0 Å². The number of carbonyl (C=O) groups excluding carboxylic acids is 1. The van der Waals surface area contributed by atoms with Crippen molar-refractivity contribution in [3.05, 3.63) is 0 Å². The highest BCUT2D eigenvalue weighted by Gasteiger charge is 2.31. The first-order valence-corrected chi connectivity index (χ1v) is 6.06. The Kier molecular flexibility index (Phi) is 5.41. The summed E-state index contributed by atoms with van der Waals surface area (Å²) in [5.74, 6) is -1.35. The van der Waals surface area contributed by atoms with Crippen molar-refractivity contribution in [1.29, 1.82) is 0 Å². The van der Waals surface area contributed by atoms with Gasteiger partial charge in [0.1, 0.15) is 0 Å². The molecule has 0 aliphatic heterocycles. The second-order valence-corrected chi connectivity index (χ2v) is 4.76. The molecule has 1 aliphatic rings. The van der Waals surface area contributed by atoms with Gasteiger partial charge in [-0.05, 0) is 26.2 Å². The van der Waals surface area contributed by atoms with Gasteiger partial charge in [0.05, 0.1) is 12.5 Å². The molecule has 1 aliphatic carbocycles. The maximum Gasteiger partial charge on any atom is 0.306 e. The molecule has 1 rings (SSSR count). The van der Waals surface area contributed by atoms with E-state index in [-0.39, 0.29) is 23.8 Å². The molecule has 3 unspecified atom stereocenters. The molecular formula is C12H21NO4. The van der Waals surface area contributed by atoms with Crippen LogP contribution >= 0.6 is 0 Å². The monoisotopic (exact) mass is 243 g/mol.